The summed E-state index contributed by atoms with van der Waals surface area (Å²) in [4.78, 5) is 2.27. The molecule has 0 unspecified atom stereocenters. The molecular weight excluding hydrogens is 138 g/mol. The van der Waals surface area contributed by atoms with Gasteiger partial charge < -0.3 is 10.0 Å². The van der Waals surface area contributed by atoms with Crippen molar-refractivity contribution < 1.29 is 5.11 Å². The first-order chi connectivity index (χ1) is 5.11. The first kappa shape index (κ1) is 9.01. The maximum Gasteiger partial charge on any atom is 0.0707 e. The predicted octanol–water partition coefficient (Wildman–Crippen LogP) is 1.10. The summed E-state index contributed by atoms with van der Waals surface area (Å²) in [5.41, 5.74) is 0. The van der Waals surface area contributed by atoms with Crippen LogP contribution in [0.25, 0.3) is 0 Å². The van der Waals surface area contributed by atoms with Crippen molar-refractivity contribution in [1.29, 1.82) is 0 Å². The van der Waals surface area contributed by atoms with E-state index in [-0.39, 0.29) is 6.10 Å². The van der Waals surface area contributed by atoms with Crippen LogP contribution in [0.2, 0.25) is 0 Å². The fourth-order valence-electron chi connectivity index (χ4n) is 1.81. The second kappa shape index (κ2) is 3.55. The molecule has 11 heavy (non-hydrogen) atoms. The number of aliphatic hydroxyl groups excluding tert-OH is 1. The van der Waals surface area contributed by atoms with Crippen LogP contribution < -0.4 is 0 Å². The van der Waals surface area contributed by atoms with E-state index in [1.54, 1.807) is 0 Å². The van der Waals surface area contributed by atoms with E-state index < -0.39 is 0 Å². The maximum absolute atomic E-state index is 9.57. The average molecular weight is 157 g/mol. The van der Waals surface area contributed by atoms with Crippen molar-refractivity contribution in [2.75, 3.05) is 13.6 Å². The topological polar surface area (TPSA) is 23.5 Å². The lowest BCUT2D eigenvalue weighted by molar-refractivity contribution is 0.113. The van der Waals surface area contributed by atoms with Gasteiger partial charge in [-0.25, -0.2) is 0 Å². The molecule has 1 aliphatic rings. The number of likely N-dealkylation sites (N-methyl/N-ethyl adjacent to an activating group) is 1. The van der Waals surface area contributed by atoms with Crippen LogP contribution in [0.4, 0.5) is 0 Å². The van der Waals surface area contributed by atoms with Gasteiger partial charge in [0.2, 0.25) is 0 Å². The van der Waals surface area contributed by atoms with Crippen LogP contribution in [0, 0.1) is 5.92 Å². The Morgan fingerprint density at radius 2 is 2.18 bits per heavy atom. The third-order valence-electron chi connectivity index (χ3n) is 2.50. The lowest BCUT2D eigenvalue weighted by atomic mass is 10.0. The third kappa shape index (κ3) is 2.17. The summed E-state index contributed by atoms with van der Waals surface area (Å²) < 4.78 is 0. The van der Waals surface area contributed by atoms with Crippen molar-refractivity contribution in [3.63, 3.8) is 0 Å². The van der Waals surface area contributed by atoms with E-state index in [9.17, 15) is 5.11 Å². The highest BCUT2D eigenvalue weighted by atomic mass is 16.3. The Labute approximate surface area is 69.2 Å². The molecule has 2 atom stereocenters. The Hall–Kier alpha value is -0.0800. The van der Waals surface area contributed by atoms with E-state index in [4.69, 9.17) is 0 Å². The van der Waals surface area contributed by atoms with Crippen LogP contribution in [0.15, 0.2) is 0 Å². The van der Waals surface area contributed by atoms with E-state index in [0.29, 0.717) is 12.0 Å². The predicted molar refractivity (Wildman–Crippen MR) is 46.5 cm³/mol. The smallest absolute Gasteiger partial charge is 0.0707 e. The largest absolute Gasteiger partial charge is 0.391 e. The summed E-state index contributed by atoms with van der Waals surface area (Å²) in [7, 11) is 2.10. The fraction of sp³-hybridized carbons (Fsp3) is 1.00. The van der Waals surface area contributed by atoms with Gasteiger partial charge >= 0.3 is 0 Å². The van der Waals surface area contributed by atoms with Gasteiger partial charge in [0.25, 0.3) is 0 Å². The Balaban J connectivity index is 2.41. The second-order valence-corrected chi connectivity index (χ2v) is 4.03. The minimum absolute atomic E-state index is 0.0811. The molecule has 2 heteroatoms. The summed E-state index contributed by atoms with van der Waals surface area (Å²) in [6.07, 6.45) is 1.99. The number of nitrogens with zero attached hydrogens (tertiary/aromatic N) is 1. The molecule has 0 aromatic carbocycles. The molecule has 0 saturated carbocycles. The summed E-state index contributed by atoms with van der Waals surface area (Å²) in [5.74, 6) is 0.690. The molecule has 0 spiro atoms. The molecule has 2 nitrogen and oxygen atoms in total. The highest BCUT2D eigenvalue weighted by Gasteiger charge is 2.29. The lowest BCUT2D eigenvalue weighted by Crippen LogP contribution is -2.33. The summed E-state index contributed by atoms with van der Waals surface area (Å²) in [6.45, 7) is 5.47. The van der Waals surface area contributed by atoms with Crippen LogP contribution in [-0.2, 0) is 0 Å². The number of likely N-dealkylation sites (tertiary alicyclic amines) is 1. The first-order valence-electron chi connectivity index (χ1n) is 4.49. The van der Waals surface area contributed by atoms with Crippen molar-refractivity contribution in [3.05, 3.63) is 0 Å². The van der Waals surface area contributed by atoms with Gasteiger partial charge in [-0.1, -0.05) is 13.8 Å². The van der Waals surface area contributed by atoms with Crippen molar-refractivity contribution in [2.24, 2.45) is 5.92 Å². The third-order valence-corrected chi connectivity index (χ3v) is 2.50. The van der Waals surface area contributed by atoms with Gasteiger partial charge in [-0.15, -0.1) is 0 Å². The van der Waals surface area contributed by atoms with Crippen LogP contribution in [-0.4, -0.2) is 35.7 Å². The molecule has 1 saturated heterocycles. The van der Waals surface area contributed by atoms with E-state index in [1.165, 1.54) is 0 Å². The van der Waals surface area contributed by atoms with Crippen LogP contribution in [0.3, 0.4) is 0 Å². The Morgan fingerprint density at radius 1 is 1.55 bits per heavy atom. The molecular formula is C9H19NO. The van der Waals surface area contributed by atoms with Gasteiger partial charge in [0.1, 0.15) is 0 Å². The van der Waals surface area contributed by atoms with Crippen LogP contribution in [0.1, 0.15) is 26.7 Å². The first-order valence-corrected chi connectivity index (χ1v) is 4.49. The molecule has 1 rings (SSSR count). The number of hydrogen-bond acceptors (Lipinski definition) is 2. The van der Waals surface area contributed by atoms with Crippen molar-refractivity contribution in [3.8, 4) is 0 Å². The molecule has 1 heterocycles. The quantitative estimate of drug-likeness (QED) is 0.649. The highest BCUT2D eigenvalue weighted by molar-refractivity contribution is 4.85. The van der Waals surface area contributed by atoms with E-state index in [2.05, 4.69) is 25.8 Å². The van der Waals surface area contributed by atoms with Crippen molar-refractivity contribution in [2.45, 2.75) is 38.8 Å². The van der Waals surface area contributed by atoms with E-state index >= 15 is 0 Å². The maximum atomic E-state index is 9.57. The van der Waals surface area contributed by atoms with Crippen LogP contribution in [0.5, 0.6) is 0 Å². The summed E-state index contributed by atoms with van der Waals surface area (Å²) in [5, 5.41) is 9.57. The zero-order valence-corrected chi connectivity index (χ0v) is 7.75. The highest BCUT2D eigenvalue weighted by Crippen LogP contribution is 2.21. The zero-order chi connectivity index (χ0) is 8.43. The van der Waals surface area contributed by atoms with Gasteiger partial charge in [-0.05, 0) is 25.8 Å². The SMILES string of the molecule is CC(C)C[C@@H]1[C@@H](O)CCN1C. The lowest BCUT2D eigenvalue weighted by Gasteiger charge is -2.23. The molecule has 0 amide bonds. The molecule has 1 aliphatic heterocycles. The van der Waals surface area contributed by atoms with Gasteiger partial charge in [0.15, 0.2) is 0 Å². The van der Waals surface area contributed by atoms with E-state index in [0.717, 1.165) is 19.4 Å². The number of hydrogen-bond donors (Lipinski definition) is 1. The molecule has 0 radical (unpaired) electrons. The molecule has 66 valence electrons. The van der Waals surface area contributed by atoms with E-state index in [1.807, 2.05) is 0 Å². The minimum Gasteiger partial charge on any atom is -0.391 e. The summed E-state index contributed by atoms with van der Waals surface area (Å²) >= 11 is 0. The number of aliphatic hydroxyl groups is 1. The molecule has 1 fully saturated rings. The Bertz CT molecular complexity index is 115. The van der Waals surface area contributed by atoms with Gasteiger partial charge in [-0.2, -0.15) is 0 Å². The average Bonchev–Trinajstić information content (AvgIpc) is 2.18. The number of rotatable bonds is 2. The molecule has 1 N–H and O–H groups in total. The summed E-state index contributed by atoms with van der Waals surface area (Å²) in [6, 6.07) is 0.412. The van der Waals surface area contributed by atoms with Gasteiger partial charge in [0, 0.05) is 12.6 Å². The van der Waals surface area contributed by atoms with Crippen molar-refractivity contribution in [1.82, 2.24) is 4.90 Å². The molecule has 0 bridgehead atoms. The van der Waals surface area contributed by atoms with Gasteiger partial charge in [-0.3, -0.25) is 0 Å². The normalized spacial score (nSPS) is 33.5. The monoisotopic (exact) mass is 157 g/mol. The molecule has 0 aromatic heterocycles. The standard InChI is InChI=1S/C9H19NO/c1-7(2)6-8-9(11)4-5-10(8)3/h7-9,11H,4-6H2,1-3H3/t8-,9+/m1/s1. The zero-order valence-electron chi connectivity index (χ0n) is 7.75. The van der Waals surface area contributed by atoms with Gasteiger partial charge in [0.05, 0.1) is 6.10 Å². The molecule has 0 aliphatic carbocycles. The minimum atomic E-state index is -0.0811. The van der Waals surface area contributed by atoms with Crippen LogP contribution >= 0.6 is 0 Å². The fourth-order valence-corrected chi connectivity index (χ4v) is 1.81. The Kier molecular flexibility index (Phi) is 2.90. The van der Waals surface area contributed by atoms with Crippen molar-refractivity contribution >= 4 is 0 Å². The molecule has 0 aromatic rings. The second-order valence-electron chi connectivity index (χ2n) is 4.03. The Morgan fingerprint density at radius 3 is 2.55 bits per heavy atom.